The first kappa shape index (κ1) is 39.6. The Morgan fingerprint density at radius 3 is 0.661 bits per heavy atom. The van der Waals surface area contributed by atoms with Gasteiger partial charge in [-0.2, -0.15) is 0 Å². The van der Waals surface area contributed by atoms with Crippen molar-refractivity contribution < 1.29 is 0 Å². The molecule has 0 radical (unpaired) electrons. The lowest BCUT2D eigenvalue weighted by molar-refractivity contribution is -0.173. The predicted octanol–water partition coefficient (Wildman–Crippen LogP) is 16.6. The Morgan fingerprint density at radius 2 is 0.393 bits per heavy atom. The number of hydrogen-bond donors (Lipinski definition) is 0. The average molecular weight is 763 g/mol. The van der Waals surface area contributed by atoms with Crippen molar-refractivity contribution in [3.8, 4) is 0 Å². The summed E-state index contributed by atoms with van der Waals surface area (Å²) in [6, 6.07) is 0. The summed E-state index contributed by atoms with van der Waals surface area (Å²) in [5.41, 5.74) is 0. The minimum Gasteiger partial charge on any atom is -0.0851 e. The Balaban J connectivity index is 0.877. The number of fused-ring (bicyclic) bond motifs is 4. The average Bonchev–Trinajstić information content (AvgIpc) is 3.27. The van der Waals surface area contributed by atoms with E-state index in [1.54, 1.807) is 128 Å². The van der Waals surface area contributed by atoms with Gasteiger partial charge in [0.1, 0.15) is 0 Å². The predicted molar refractivity (Wildman–Crippen MR) is 238 cm³/mol. The first-order valence-electron chi connectivity index (χ1n) is 27.2. The highest BCUT2D eigenvalue weighted by atomic mass is 14.7. The van der Waals surface area contributed by atoms with E-state index in [-0.39, 0.29) is 0 Å². The van der Waals surface area contributed by atoms with Gasteiger partial charge in [0.05, 0.1) is 0 Å². The molecule has 56 heavy (non-hydrogen) atoms. The molecule has 314 valence electrons. The highest BCUT2D eigenvalue weighted by Crippen LogP contribution is 2.68. The molecule has 0 saturated heterocycles. The Morgan fingerprint density at radius 1 is 0.179 bits per heavy atom. The highest BCUT2D eigenvalue weighted by Gasteiger charge is 2.61. The van der Waals surface area contributed by atoms with Crippen LogP contribution in [-0.2, 0) is 0 Å². The fourth-order valence-electron chi connectivity index (χ4n) is 19.1. The summed E-state index contributed by atoms with van der Waals surface area (Å²) in [6.45, 7) is 0. The van der Waals surface area contributed by atoms with Crippen LogP contribution in [-0.4, -0.2) is 0 Å². The highest BCUT2D eigenvalue weighted by molar-refractivity contribution is 5.10. The molecule has 0 spiro atoms. The van der Waals surface area contributed by atoms with E-state index < -0.39 is 0 Å². The Labute approximate surface area is 347 Å². The number of hydrogen-bond acceptors (Lipinski definition) is 0. The first-order valence-corrected chi connectivity index (χ1v) is 27.2. The molecular weight excluding hydrogens is 673 g/mol. The molecule has 0 nitrogen and oxygen atoms in total. The van der Waals surface area contributed by atoms with Crippen molar-refractivity contribution in [1.82, 2.24) is 0 Å². The smallest absolute Gasteiger partial charge is 0.0233 e. The van der Waals surface area contributed by atoms with Gasteiger partial charge in [0, 0.05) is 0 Å². The van der Waals surface area contributed by atoms with E-state index in [4.69, 9.17) is 0 Å². The first-order chi connectivity index (χ1) is 27.8. The van der Waals surface area contributed by atoms with E-state index in [1.165, 1.54) is 89.9 Å². The van der Waals surface area contributed by atoms with E-state index in [1.807, 2.05) is 0 Å². The van der Waals surface area contributed by atoms with Crippen LogP contribution in [0.5, 0.6) is 0 Å². The van der Waals surface area contributed by atoms with Gasteiger partial charge in [0.15, 0.2) is 0 Å². The van der Waals surface area contributed by atoms with Crippen LogP contribution in [0.15, 0.2) is 24.3 Å². The molecule has 0 aliphatic heterocycles. The van der Waals surface area contributed by atoms with Gasteiger partial charge < -0.3 is 0 Å². The molecule has 0 heteroatoms. The van der Waals surface area contributed by atoms with Gasteiger partial charge in [-0.3, -0.25) is 0 Å². The summed E-state index contributed by atoms with van der Waals surface area (Å²) >= 11 is 0. The van der Waals surface area contributed by atoms with Crippen LogP contribution in [0.25, 0.3) is 0 Å². The molecule has 0 bridgehead atoms. The molecular formula is C56H90. The normalized spacial score (nSPS) is 48.5. The summed E-state index contributed by atoms with van der Waals surface area (Å²) in [7, 11) is 0. The largest absolute Gasteiger partial charge is 0.0851 e. The van der Waals surface area contributed by atoms with E-state index in [9.17, 15) is 0 Å². The molecule has 10 aliphatic rings. The maximum Gasteiger partial charge on any atom is -0.0233 e. The fourth-order valence-corrected chi connectivity index (χ4v) is 19.1. The molecule has 0 N–H and O–H groups in total. The lowest BCUT2D eigenvalue weighted by Crippen LogP contribution is -2.59. The molecule has 10 fully saturated rings. The standard InChI is InChI=1S/C56H90/c1-3-15-39(16-4-1)27-29-41-31-35-43(36-32-41)53-45-19-7-11-23-49(45)55(50-24-12-8-20-46(50)53)56-51-25-13-9-21-47(51)54(48-22-10-14-26-52(48)56)44-37-33-42(34-38-44)30-28-40-17-5-2-6-18-40/h27-30,39-56H,1-26,31-38H2. The van der Waals surface area contributed by atoms with Gasteiger partial charge in [-0.1, -0.05) is 114 Å². The maximum absolute atomic E-state index is 2.76. The SMILES string of the molecule is C(=CC1CCC(C2C3CCCCC3C(C3C4CCCCC4C(C4CCC(C=CC5CCCCC5)CC4)C4CCCCC43)C3CCCCC32)CC1)C1CCCCC1. The van der Waals surface area contributed by atoms with Gasteiger partial charge in [-0.25, -0.2) is 0 Å². The lowest BCUT2D eigenvalue weighted by Gasteiger charge is -2.66. The molecule has 10 aliphatic carbocycles. The quantitative estimate of drug-likeness (QED) is 0.227. The number of allylic oxidation sites excluding steroid dienone is 4. The maximum atomic E-state index is 2.76. The Bertz CT molecular complexity index is 1110. The van der Waals surface area contributed by atoms with Crippen molar-refractivity contribution in [3.05, 3.63) is 24.3 Å². The van der Waals surface area contributed by atoms with Gasteiger partial charge in [0.2, 0.25) is 0 Å². The van der Waals surface area contributed by atoms with Crippen molar-refractivity contribution in [2.75, 3.05) is 0 Å². The molecule has 0 aromatic carbocycles. The third kappa shape index (κ3) is 8.27. The van der Waals surface area contributed by atoms with E-state index in [2.05, 4.69) is 24.3 Å². The van der Waals surface area contributed by atoms with Gasteiger partial charge >= 0.3 is 0 Å². The minimum absolute atomic E-state index is 0.906. The van der Waals surface area contributed by atoms with Crippen LogP contribution in [0.4, 0.5) is 0 Å². The zero-order valence-corrected chi connectivity index (χ0v) is 36.7. The third-order valence-electron chi connectivity index (χ3n) is 21.2. The molecule has 0 amide bonds. The Kier molecular flexibility index (Phi) is 13.2. The van der Waals surface area contributed by atoms with Crippen LogP contribution in [0.3, 0.4) is 0 Å². The van der Waals surface area contributed by atoms with Crippen LogP contribution >= 0.6 is 0 Å². The zero-order valence-electron chi connectivity index (χ0n) is 36.7. The third-order valence-corrected chi connectivity index (χ3v) is 21.2. The van der Waals surface area contributed by atoms with Gasteiger partial charge in [0.25, 0.3) is 0 Å². The van der Waals surface area contributed by atoms with Crippen LogP contribution in [0.1, 0.15) is 218 Å². The molecule has 0 heterocycles. The summed E-state index contributed by atoms with van der Waals surface area (Å²) in [5, 5.41) is 0. The van der Waals surface area contributed by atoms with Crippen LogP contribution in [0.2, 0.25) is 0 Å². The lowest BCUT2D eigenvalue weighted by atomic mass is 9.39. The topological polar surface area (TPSA) is 0 Å². The van der Waals surface area contributed by atoms with Crippen LogP contribution < -0.4 is 0 Å². The van der Waals surface area contributed by atoms with Crippen molar-refractivity contribution in [2.24, 2.45) is 107 Å². The van der Waals surface area contributed by atoms with Crippen molar-refractivity contribution in [2.45, 2.75) is 218 Å². The molecule has 0 aromatic heterocycles. The molecule has 10 rings (SSSR count). The molecule has 8 atom stereocenters. The summed E-state index contributed by atoms with van der Waals surface area (Å²) in [4.78, 5) is 0. The molecule has 0 aromatic rings. The fraction of sp³-hybridized carbons (Fsp3) is 0.929. The van der Waals surface area contributed by atoms with Crippen molar-refractivity contribution in [3.63, 3.8) is 0 Å². The molecule has 8 unspecified atom stereocenters. The summed E-state index contributed by atoms with van der Waals surface area (Å²) < 4.78 is 0. The van der Waals surface area contributed by atoms with Gasteiger partial charge in [-0.15, -0.1) is 0 Å². The van der Waals surface area contributed by atoms with E-state index >= 15 is 0 Å². The van der Waals surface area contributed by atoms with E-state index in [0.717, 1.165) is 107 Å². The minimum atomic E-state index is 0.906. The second-order valence-electron chi connectivity index (χ2n) is 23.7. The Hall–Kier alpha value is -0.520. The van der Waals surface area contributed by atoms with Crippen LogP contribution in [0, 0.1) is 107 Å². The number of rotatable bonds is 7. The second kappa shape index (κ2) is 18.6. The molecule has 10 saturated carbocycles. The summed E-state index contributed by atoms with van der Waals surface area (Å²) in [6.07, 6.45) is 63.9. The van der Waals surface area contributed by atoms with Gasteiger partial charge in [-0.05, 0) is 235 Å². The zero-order chi connectivity index (χ0) is 37.3. The monoisotopic (exact) mass is 763 g/mol. The van der Waals surface area contributed by atoms with Crippen molar-refractivity contribution >= 4 is 0 Å². The van der Waals surface area contributed by atoms with E-state index in [0.29, 0.717) is 0 Å². The second-order valence-corrected chi connectivity index (χ2v) is 23.7. The van der Waals surface area contributed by atoms with Crippen molar-refractivity contribution in [1.29, 1.82) is 0 Å². The summed E-state index contributed by atoms with van der Waals surface area (Å²) in [5.74, 6) is 19.1.